The molecule has 0 rings (SSSR count). The Morgan fingerprint density at radius 1 is 0.462 bits per heavy atom. The zero-order valence-corrected chi connectivity index (χ0v) is 44.6. The van der Waals surface area contributed by atoms with Crippen LogP contribution >= 0.6 is 7.82 Å². The summed E-state index contributed by atoms with van der Waals surface area (Å²) in [7, 11) is 1.49. The third kappa shape index (κ3) is 52.0. The summed E-state index contributed by atoms with van der Waals surface area (Å²) in [5.74, 6) is -0.791. The number of hydrogen-bond acceptors (Lipinski definition) is 7. The highest BCUT2D eigenvalue weighted by atomic mass is 31.2. The van der Waals surface area contributed by atoms with Crippen molar-refractivity contribution in [3.63, 3.8) is 0 Å². The fourth-order valence-electron chi connectivity index (χ4n) is 8.19. The molecule has 0 aliphatic rings. The Morgan fingerprint density at radius 3 is 1.14 bits per heavy atom. The molecular formula is C55H109NO8P+. The van der Waals surface area contributed by atoms with Gasteiger partial charge in [-0.1, -0.05) is 238 Å². The molecule has 0 spiro atoms. The van der Waals surface area contributed by atoms with Crippen LogP contribution in [0.2, 0.25) is 0 Å². The summed E-state index contributed by atoms with van der Waals surface area (Å²) in [4.78, 5) is 35.6. The lowest BCUT2D eigenvalue weighted by atomic mass is 10.0. The molecule has 0 aliphatic carbocycles. The summed E-state index contributed by atoms with van der Waals surface area (Å²) in [5, 5.41) is 0. The Labute approximate surface area is 403 Å². The van der Waals surface area contributed by atoms with Crippen molar-refractivity contribution in [2.75, 3.05) is 47.5 Å². The molecule has 0 radical (unpaired) electrons. The molecule has 0 saturated heterocycles. The quantitative estimate of drug-likeness (QED) is 0.0211. The van der Waals surface area contributed by atoms with E-state index in [1.54, 1.807) is 0 Å². The maximum absolute atomic E-state index is 12.8. The molecule has 0 aromatic rings. The first-order valence-electron chi connectivity index (χ1n) is 27.9. The summed E-state index contributed by atoms with van der Waals surface area (Å²) in [5.41, 5.74) is 0. The van der Waals surface area contributed by atoms with Crippen LogP contribution in [0.15, 0.2) is 12.2 Å². The van der Waals surface area contributed by atoms with Gasteiger partial charge < -0.3 is 18.9 Å². The molecule has 0 fully saturated rings. The molecule has 65 heavy (non-hydrogen) atoms. The van der Waals surface area contributed by atoms with Crippen molar-refractivity contribution in [3.8, 4) is 0 Å². The van der Waals surface area contributed by atoms with Crippen molar-refractivity contribution in [1.82, 2.24) is 0 Å². The molecular weight excluding hydrogens is 834 g/mol. The molecule has 2 atom stereocenters. The summed E-state index contributed by atoms with van der Waals surface area (Å²) >= 11 is 0. The average Bonchev–Trinajstić information content (AvgIpc) is 3.26. The van der Waals surface area contributed by atoms with Gasteiger partial charge in [-0.15, -0.1) is 0 Å². The molecule has 386 valence electrons. The van der Waals surface area contributed by atoms with Crippen LogP contribution in [0.1, 0.15) is 277 Å². The Hall–Kier alpha value is -1.25. The zero-order chi connectivity index (χ0) is 47.8. The smallest absolute Gasteiger partial charge is 0.462 e. The van der Waals surface area contributed by atoms with Crippen molar-refractivity contribution >= 4 is 19.8 Å². The lowest BCUT2D eigenvalue weighted by molar-refractivity contribution is -0.870. The second kappa shape index (κ2) is 47.8. The number of carbonyl (C=O) groups is 2. The number of phosphoric ester groups is 1. The third-order valence-corrected chi connectivity index (χ3v) is 13.5. The molecule has 10 heteroatoms. The van der Waals surface area contributed by atoms with E-state index < -0.39 is 26.5 Å². The number of allylic oxidation sites excluding steroid dienone is 2. The van der Waals surface area contributed by atoms with Crippen molar-refractivity contribution < 1.29 is 42.1 Å². The topological polar surface area (TPSA) is 108 Å². The molecule has 0 heterocycles. The van der Waals surface area contributed by atoms with E-state index >= 15 is 0 Å². The normalized spacial score (nSPS) is 13.4. The predicted octanol–water partition coefficient (Wildman–Crippen LogP) is 16.9. The molecule has 1 N–H and O–H groups in total. The Morgan fingerprint density at radius 2 is 0.785 bits per heavy atom. The largest absolute Gasteiger partial charge is 0.472 e. The maximum atomic E-state index is 12.8. The van der Waals surface area contributed by atoms with E-state index in [9.17, 15) is 19.0 Å². The lowest BCUT2D eigenvalue weighted by Gasteiger charge is -2.24. The van der Waals surface area contributed by atoms with E-state index in [1.807, 2.05) is 21.1 Å². The number of rotatable bonds is 52. The van der Waals surface area contributed by atoms with E-state index in [4.69, 9.17) is 18.5 Å². The highest BCUT2D eigenvalue weighted by Crippen LogP contribution is 2.43. The van der Waals surface area contributed by atoms with Gasteiger partial charge in [-0.3, -0.25) is 18.6 Å². The summed E-state index contributed by atoms with van der Waals surface area (Å²) in [6.07, 6.45) is 54.2. The first kappa shape index (κ1) is 63.8. The van der Waals surface area contributed by atoms with E-state index in [0.29, 0.717) is 23.9 Å². The van der Waals surface area contributed by atoms with Gasteiger partial charge in [-0.25, -0.2) is 4.57 Å². The zero-order valence-electron chi connectivity index (χ0n) is 43.8. The van der Waals surface area contributed by atoms with Gasteiger partial charge in [0, 0.05) is 12.8 Å². The Bertz CT molecular complexity index is 1110. The van der Waals surface area contributed by atoms with E-state index in [0.717, 1.165) is 51.4 Å². The Kier molecular flexibility index (Phi) is 46.9. The third-order valence-electron chi connectivity index (χ3n) is 12.5. The molecule has 0 aliphatic heterocycles. The number of ether oxygens (including phenoxy) is 2. The SMILES string of the molecule is CCCCCCCCC/C=C\CCCCCCCC(=O)OC(COC(=O)CCCCCCCCCCCCCCCCCCCCCCCCCCC)COP(=O)(O)OCC[N+](C)(C)C. The van der Waals surface area contributed by atoms with E-state index in [1.165, 1.54) is 193 Å². The molecule has 0 saturated carbocycles. The number of hydrogen-bond donors (Lipinski definition) is 1. The monoisotopic (exact) mass is 943 g/mol. The van der Waals surface area contributed by atoms with Crippen molar-refractivity contribution in [2.24, 2.45) is 0 Å². The summed E-state index contributed by atoms with van der Waals surface area (Å²) in [6, 6.07) is 0. The molecule has 9 nitrogen and oxygen atoms in total. The molecule has 0 aromatic heterocycles. The minimum atomic E-state index is -4.38. The van der Waals surface area contributed by atoms with Gasteiger partial charge in [0.05, 0.1) is 27.7 Å². The van der Waals surface area contributed by atoms with Crippen LogP contribution in [0.25, 0.3) is 0 Å². The first-order chi connectivity index (χ1) is 31.5. The number of quaternary nitrogens is 1. The van der Waals surface area contributed by atoms with Crippen molar-refractivity contribution in [2.45, 2.75) is 283 Å². The highest BCUT2D eigenvalue weighted by Gasteiger charge is 2.27. The fraction of sp³-hybridized carbons (Fsp3) is 0.927. The summed E-state index contributed by atoms with van der Waals surface area (Å²) < 4.78 is 34.5. The number of nitrogens with zero attached hydrogens (tertiary/aromatic N) is 1. The highest BCUT2D eigenvalue weighted by molar-refractivity contribution is 7.47. The fourth-order valence-corrected chi connectivity index (χ4v) is 8.93. The van der Waals surface area contributed by atoms with Gasteiger partial charge in [-0.05, 0) is 38.5 Å². The molecule has 0 aromatic carbocycles. The summed E-state index contributed by atoms with van der Waals surface area (Å²) in [6.45, 7) is 4.47. The van der Waals surface area contributed by atoms with Gasteiger partial charge in [-0.2, -0.15) is 0 Å². The average molecular weight is 943 g/mol. The van der Waals surface area contributed by atoms with Crippen molar-refractivity contribution in [1.29, 1.82) is 0 Å². The predicted molar refractivity (Wildman–Crippen MR) is 275 cm³/mol. The Balaban J connectivity index is 4.11. The van der Waals surface area contributed by atoms with Crippen LogP contribution in [0.4, 0.5) is 0 Å². The molecule has 0 amide bonds. The van der Waals surface area contributed by atoms with Crippen LogP contribution in [0.3, 0.4) is 0 Å². The van der Waals surface area contributed by atoms with Gasteiger partial charge in [0.25, 0.3) is 0 Å². The standard InChI is InChI=1S/C55H108NO8P/c1-6-8-10-12-14-16-18-20-22-24-25-26-27-28-29-30-31-32-34-35-37-39-41-43-45-47-54(57)61-51-53(52-63-65(59,60)62-50-49-56(3,4)5)64-55(58)48-46-44-42-40-38-36-33-23-21-19-17-15-13-11-9-7-2/h23,33,53H,6-22,24-32,34-52H2,1-5H3/p+1/b33-23-. The second-order valence-electron chi connectivity index (χ2n) is 20.3. The number of unbranched alkanes of at least 4 members (excludes halogenated alkanes) is 36. The van der Waals surface area contributed by atoms with E-state index in [-0.39, 0.29) is 25.6 Å². The van der Waals surface area contributed by atoms with Crippen LogP contribution in [-0.4, -0.2) is 74.9 Å². The van der Waals surface area contributed by atoms with Crippen LogP contribution in [0, 0.1) is 0 Å². The lowest BCUT2D eigenvalue weighted by Crippen LogP contribution is -2.37. The van der Waals surface area contributed by atoms with Crippen molar-refractivity contribution in [3.05, 3.63) is 12.2 Å². The first-order valence-corrected chi connectivity index (χ1v) is 29.4. The number of carbonyl (C=O) groups excluding carboxylic acids is 2. The minimum absolute atomic E-state index is 0.0336. The van der Waals surface area contributed by atoms with Gasteiger partial charge in [0.1, 0.15) is 19.8 Å². The minimum Gasteiger partial charge on any atom is -0.462 e. The van der Waals surface area contributed by atoms with Crippen LogP contribution in [0.5, 0.6) is 0 Å². The molecule has 0 bridgehead atoms. The van der Waals surface area contributed by atoms with Gasteiger partial charge >= 0.3 is 19.8 Å². The number of likely N-dealkylation sites (N-methyl/N-ethyl adjacent to an activating group) is 1. The number of esters is 2. The van der Waals surface area contributed by atoms with Crippen LogP contribution in [-0.2, 0) is 32.7 Å². The molecule has 2 unspecified atom stereocenters. The van der Waals surface area contributed by atoms with Gasteiger partial charge in [0.2, 0.25) is 0 Å². The van der Waals surface area contributed by atoms with Crippen LogP contribution < -0.4 is 0 Å². The van der Waals surface area contributed by atoms with E-state index in [2.05, 4.69) is 26.0 Å². The maximum Gasteiger partial charge on any atom is 0.472 e. The number of phosphoric acid groups is 1. The second-order valence-corrected chi connectivity index (χ2v) is 21.8. The van der Waals surface area contributed by atoms with Gasteiger partial charge in [0.15, 0.2) is 6.10 Å².